The molecule has 4 nitrogen and oxygen atoms in total. The largest absolute Gasteiger partial charge is 0.494 e. The van der Waals surface area contributed by atoms with Crippen molar-refractivity contribution in [2.75, 3.05) is 29.9 Å². The Morgan fingerprint density at radius 3 is 2.75 bits per heavy atom. The first kappa shape index (κ1) is 16.7. The van der Waals surface area contributed by atoms with E-state index in [1.165, 1.54) is 4.90 Å². The average Bonchev–Trinajstić information content (AvgIpc) is 2.57. The fourth-order valence-electron chi connectivity index (χ4n) is 2.81. The maximum absolute atomic E-state index is 12.4. The Hall–Kier alpha value is -2.14. The van der Waals surface area contributed by atoms with Crippen LogP contribution in [0, 0.1) is 0 Å². The maximum Gasteiger partial charge on any atom is 0.243 e. The molecule has 0 unspecified atom stereocenters. The second-order valence-corrected chi connectivity index (χ2v) is 7.26. The molecule has 1 amide bonds. The predicted octanol–water partition coefficient (Wildman–Crippen LogP) is 4.02. The van der Waals surface area contributed by atoms with Gasteiger partial charge in [0.25, 0.3) is 0 Å². The number of hydrogen-bond donors (Lipinski definition) is 1. The van der Waals surface area contributed by atoms with E-state index in [4.69, 9.17) is 4.74 Å². The molecule has 1 aliphatic rings. The van der Waals surface area contributed by atoms with Crippen molar-refractivity contribution in [3.05, 3.63) is 48.5 Å². The summed E-state index contributed by atoms with van der Waals surface area (Å²) in [5.41, 5.74) is 1.93. The fraction of sp³-hybridized carbons (Fsp3) is 0.316. The number of hydrogen-bond acceptors (Lipinski definition) is 4. The van der Waals surface area contributed by atoms with E-state index in [2.05, 4.69) is 29.3 Å². The van der Waals surface area contributed by atoms with Gasteiger partial charge in [0.05, 0.1) is 18.8 Å². The summed E-state index contributed by atoms with van der Waals surface area (Å²) in [6, 6.07) is 15.7. The Morgan fingerprint density at radius 1 is 1.25 bits per heavy atom. The summed E-state index contributed by atoms with van der Waals surface area (Å²) < 4.78 is 5.41. The van der Waals surface area contributed by atoms with Crippen molar-refractivity contribution < 1.29 is 9.53 Å². The molecule has 1 N–H and O–H groups in total. The van der Waals surface area contributed by atoms with Gasteiger partial charge in [-0.05, 0) is 43.3 Å². The fourth-order valence-corrected chi connectivity index (χ4v) is 3.97. The topological polar surface area (TPSA) is 41.6 Å². The molecule has 0 saturated carbocycles. The Morgan fingerprint density at radius 2 is 2.00 bits per heavy atom. The first-order valence-electron chi connectivity index (χ1n) is 8.19. The number of rotatable bonds is 5. The number of amides is 1. The zero-order valence-electron chi connectivity index (χ0n) is 14.0. The van der Waals surface area contributed by atoms with E-state index < -0.39 is 0 Å². The van der Waals surface area contributed by atoms with Crippen LogP contribution in [0.5, 0.6) is 5.75 Å². The molecule has 0 spiro atoms. The van der Waals surface area contributed by atoms with Gasteiger partial charge in [-0.25, -0.2) is 0 Å². The van der Waals surface area contributed by atoms with Crippen LogP contribution in [0.25, 0.3) is 0 Å². The van der Waals surface area contributed by atoms with Gasteiger partial charge < -0.3 is 15.0 Å². The van der Waals surface area contributed by atoms with E-state index in [-0.39, 0.29) is 5.91 Å². The summed E-state index contributed by atoms with van der Waals surface area (Å²) in [5.74, 6) is 0.805. The third-order valence-electron chi connectivity index (χ3n) is 3.80. The minimum Gasteiger partial charge on any atom is -0.494 e. The molecule has 0 saturated heterocycles. The summed E-state index contributed by atoms with van der Waals surface area (Å²) in [7, 11) is 0. The highest BCUT2D eigenvalue weighted by Gasteiger charge is 2.23. The predicted molar refractivity (Wildman–Crippen MR) is 100 cm³/mol. The van der Waals surface area contributed by atoms with Gasteiger partial charge in [-0.2, -0.15) is 0 Å². The molecule has 0 aromatic heterocycles. The van der Waals surface area contributed by atoms with E-state index in [0.717, 1.165) is 23.7 Å². The number of carbonyl (C=O) groups is 1. The number of para-hydroxylation sites is 1. The van der Waals surface area contributed by atoms with Gasteiger partial charge in [0.15, 0.2) is 0 Å². The van der Waals surface area contributed by atoms with Crippen LogP contribution >= 0.6 is 11.8 Å². The summed E-state index contributed by atoms with van der Waals surface area (Å²) in [5, 5.41) is 3.43. The van der Waals surface area contributed by atoms with E-state index >= 15 is 0 Å². The summed E-state index contributed by atoms with van der Waals surface area (Å²) in [4.78, 5) is 15.8. The maximum atomic E-state index is 12.4. The minimum absolute atomic E-state index is 0.00642. The molecule has 1 atom stereocenters. The van der Waals surface area contributed by atoms with Gasteiger partial charge in [-0.1, -0.05) is 19.1 Å². The molecular formula is C19H22N2O2S. The van der Waals surface area contributed by atoms with Crippen LogP contribution in [0.1, 0.15) is 13.8 Å². The molecule has 2 aromatic carbocycles. The Kier molecular flexibility index (Phi) is 5.30. The number of benzene rings is 2. The lowest BCUT2D eigenvalue weighted by Gasteiger charge is -2.33. The normalized spacial score (nSPS) is 16.4. The molecule has 2 aromatic rings. The van der Waals surface area contributed by atoms with Crippen molar-refractivity contribution in [2.45, 2.75) is 24.0 Å². The lowest BCUT2D eigenvalue weighted by atomic mass is 10.2. The lowest BCUT2D eigenvalue weighted by Crippen LogP contribution is -2.39. The van der Waals surface area contributed by atoms with Gasteiger partial charge in [0.1, 0.15) is 5.75 Å². The van der Waals surface area contributed by atoms with E-state index in [0.29, 0.717) is 18.4 Å². The van der Waals surface area contributed by atoms with Crippen molar-refractivity contribution in [1.29, 1.82) is 0 Å². The van der Waals surface area contributed by atoms with Crippen LogP contribution in [-0.2, 0) is 4.79 Å². The van der Waals surface area contributed by atoms with Gasteiger partial charge >= 0.3 is 0 Å². The number of anilines is 2. The van der Waals surface area contributed by atoms with Crippen LogP contribution in [0.15, 0.2) is 53.4 Å². The molecule has 0 fully saturated rings. The van der Waals surface area contributed by atoms with E-state index in [1.807, 2.05) is 55.1 Å². The van der Waals surface area contributed by atoms with Crippen molar-refractivity contribution >= 4 is 29.0 Å². The lowest BCUT2D eigenvalue weighted by molar-refractivity contribution is -0.115. The standard InChI is InChI=1S/C19H22N2O2S/c1-3-23-16-10-8-15(9-11-16)20-19(22)13-21-12-14(2)24-18-7-5-4-6-17(18)21/h4-11,14H,3,12-13H2,1-2H3,(H,20,22)/t14-/m1/s1. The SMILES string of the molecule is CCOc1ccc(NC(=O)CN2C[C@@H](C)Sc3ccccc32)cc1. The van der Waals surface area contributed by atoms with Crippen molar-refractivity contribution in [3.63, 3.8) is 0 Å². The first-order chi connectivity index (χ1) is 11.7. The molecule has 0 aliphatic carbocycles. The van der Waals surface area contributed by atoms with Crippen LogP contribution in [-0.4, -0.2) is 30.9 Å². The molecule has 3 rings (SSSR count). The van der Waals surface area contributed by atoms with E-state index in [9.17, 15) is 4.79 Å². The molecular weight excluding hydrogens is 320 g/mol. The molecule has 126 valence electrons. The Labute approximate surface area is 147 Å². The number of fused-ring (bicyclic) bond motifs is 1. The minimum atomic E-state index is -0.00642. The Bertz CT molecular complexity index is 703. The first-order valence-corrected chi connectivity index (χ1v) is 9.07. The highest BCUT2D eigenvalue weighted by Crippen LogP contribution is 2.37. The summed E-state index contributed by atoms with van der Waals surface area (Å²) >= 11 is 1.87. The number of carbonyl (C=O) groups excluding carboxylic acids is 1. The van der Waals surface area contributed by atoms with Crippen LogP contribution in [0.2, 0.25) is 0 Å². The molecule has 1 aliphatic heterocycles. The average molecular weight is 342 g/mol. The highest BCUT2D eigenvalue weighted by atomic mass is 32.2. The van der Waals surface area contributed by atoms with Gasteiger partial charge in [-0.3, -0.25) is 4.79 Å². The molecule has 0 radical (unpaired) electrons. The zero-order valence-corrected chi connectivity index (χ0v) is 14.8. The number of nitrogens with zero attached hydrogens (tertiary/aromatic N) is 1. The van der Waals surface area contributed by atoms with Crippen molar-refractivity contribution in [3.8, 4) is 5.75 Å². The van der Waals surface area contributed by atoms with Crippen molar-refractivity contribution in [1.82, 2.24) is 0 Å². The van der Waals surface area contributed by atoms with Gasteiger partial charge in [0.2, 0.25) is 5.91 Å². The smallest absolute Gasteiger partial charge is 0.243 e. The van der Waals surface area contributed by atoms with Gasteiger partial charge in [0, 0.05) is 22.4 Å². The molecule has 1 heterocycles. The third kappa shape index (κ3) is 4.03. The zero-order chi connectivity index (χ0) is 16.9. The summed E-state index contributed by atoms with van der Waals surface area (Å²) in [6.07, 6.45) is 0. The Balaban J connectivity index is 1.64. The second kappa shape index (κ2) is 7.62. The van der Waals surface area contributed by atoms with Crippen LogP contribution in [0.3, 0.4) is 0 Å². The third-order valence-corrected chi connectivity index (χ3v) is 4.95. The van der Waals surface area contributed by atoms with Crippen LogP contribution < -0.4 is 15.0 Å². The van der Waals surface area contributed by atoms with Gasteiger partial charge in [-0.15, -0.1) is 11.8 Å². The highest BCUT2D eigenvalue weighted by molar-refractivity contribution is 8.00. The number of ether oxygens (including phenoxy) is 1. The molecule has 5 heteroatoms. The quantitative estimate of drug-likeness (QED) is 0.891. The summed E-state index contributed by atoms with van der Waals surface area (Å²) in [6.45, 7) is 6.01. The monoisotopic (exact) mass is 342 g/mol. The number of thioether (sulfide) groups is 1. The molecule has 0 bridgehead atoms. The second-order valence-electron chi connectivity index (χ2n) is 5.78. The van der Waals surface area contributed by atoms with Crippen LogP contribution in [0.4, 0.5) is 11.4 Å². The van der Waals surface area contributed by atoms with E-state index in [1.54, 1.807) is 0 Å². The number of nitrogens with one attached hydrogen (secondary N) is 1. The molecule has 24 heavy (non-hydrogen) atoms. The van der Waals surface area contributed by atoms with Crippen molar-refractivity contribution in [2.24, 2.45) is 0 Å².